The lowest BCUT2D eigenvalue weighted by Crippen LogP contribution is -2.03. The van der Waals surface area contributed by atoms with E-state index in [1.165, 1.54) is 0 Å². The van der Waals surface area contributed by atoms with Gasteiger partial charge in [-0.15, -0.1) is 11.3 Å². The molecule has 3 aromatic rings. The van der Waals surface area contributed by atoms with Gasteiger partial charge in [0.2, 0.25) is 0 Å². The molecule has 0 aliphatic rings. The zero-order valence-corrected chi connectivity index (χ0v) is 13.0. The van der Waals surface area contributed by atoms with Gasteiger partial charge < -0.3 is 4.74 Å². The van der Waals surface area contributed by atoms with Crippen LogP contribution in [0, 0.1) is 0 Å². The molecule has 0 aliphatic heterocycles. The number of aromatic nitrogens is 1. The molecular formula is C18H15NO2S. The zero-order chi connectivity index (χ0) is 15.4. The van der Waals surface area contributed by atoms with Crippen molar-refractivity contribution in [3.63, 3.8) is 0 Å². The lowest BCUT2D eigenvalue weighted by atomic mass is 10.1. The molecule has 0 fully saturated rings. The predicted molar refractivity (Wildman–Crippen MR) is 88.9 cm³/mol. The molecule has 0 atom stereocenters. The summed E-state index contributed by atoms with van der Waals surface area (Å²) in [5, 5.41) is 3.02. The van der Waals surface area contributed by atoms with Gasteiger partial charge in [-0.1, -0.05) is 42.5 Å². The molecule has 3 nitrogen and oxygen atoms in total. The highest BCUT2D eigenvalue weighted by molar-refractivity contribution is 7.13. The van der Waals surface area contributed by atoms with Gasteiger partial charge in [0.25, 0.3) is 0 Å². The molecule has 0 saturated carbocycles. The van der Waals surface area contributed by atoms with Crippen molar-refractivity contribution >= 4 is 17.3 Å². The molecule has 0 spiro atoms. The monoisotopic (exact) mass is 309 g/mol. The molecule has 0 radical (unpaired) electrons. The fourth-order valence-electron chi connectivity index (χ4n) is 2.11. The molecule has 2 aromatic carbocycles. The number of hydrogen-bond acceptors (Lipinski definition) is 4. The highest BCUT2D eigenvalue weighted by Crippen LogP contribution is 2.28. The van der Waals surface area contributed by atoms with Crippen LogP contribution in [-0.2, 0) is 4.74 Å². The third kappa shape index (κ3) is 3.07. The Morgan fingerprint density at radius 2 is 1.77 bits per heavy atom. The molecular weight excluding hydrogens is 294 g/mol. The van der Waals surface area contributed by atoms with E-state index in [1.54, 1.807) is 30.4 Å². The van der Waals surface area contributed by atoms with Gasteiger partial charge in [0, 0.05) is 16.5 Å². The van der Waals surface area contributed by atoms with Crippen molar-refractivity contribution in [1.82, 2.24) is 4.98 Å². The number of esters is 1. The maximum absolute atomic E-state index is 11.6. The first kappa shape index (κ1) is 14.5. The number of thiazole rings is 1. The highest BCUT2D eigenvalue weighted by atomic mass is 32.1. The van der Waals surface area contributed by atoms with Gasteiger partial charge >= 0.3 is 5.97 Å². The Morgan fingerprint density at radius 1 is 1.05 bits per heavy atom. The molecule has 0 N–H and O–H groups in total. The molecule has 0 unspecified atom stereocenters. The molecule has 0 bridgehead atoms. The van der Waals surface area contributed by atoms with E-state index in [0.29, 0.717) is 12.2 Å². The molecule has 0 saturated heterocycles. The Kier molecular flexibility index (Phi) is 4.30. The van der Waals surface area contributed by atoms with Crippen LogP contribution in [0.15, 0.2) is 60.0 Å². The van der Waals surface area contributed by atoms with E-state index in [0.717, 1.165) is 21.8 Å². The van der Waals surface area contributed by atoms with Crippen LogP contribution in [0.1, 0.15) is 17.3 Å². The summed E-state index contributed by atoms with van der Waals surface area (Å²) in [4.78, 5) is 16.3. The van der Waals surface area contributed by atoms with Crippen molar-refractivity contribution < 1.29 is 9.53 Å². The van der Waals surface area contributed by atoms with E-state index in [1.807, 2.05) is 47.8 Å². The number of ether oxygens (including phenoxy) is 1. The number of carbonyl (C=O) groups is 1. The SMILES string of the molecule is CCOC(=O)c1ccc(-c2csc(-c3ccccc3)n2)cc1. The van der Waals surface area contributed by atoms with E-state index in [2.05, 4.69) is 4.98 Å². The quantitative estimate of drug-likeness (QED) is 0.658. The molecule has 0 amide bonds. The molecule has 3 rings (SSSR count). The van der Waals surface area contributed by atoms with Crippen molar-refractivity contribution in [2.75, 3.05) is 6.61 Å². The van der Waals surface area contributed by atoms with Gasteiger partial charge in [-0.3, -0.25) is 0 Å². The summed E-state index contributed by atoms with van der Waals surface area (Å²) < 4.78 is 4.98. The summed E-state index contributed by atoms with van der Waals surface area (Å²) >= 11 is 1.61. The number of nitrogens with zero attached hydrogens (tertiary/aromatic N) is 1. The van der Waals surface area contributed by atoms with Crippen LogP contribution in [0.25, 0.3) is 21.8 Å². The van der Waals surface area contributed by atoms with Crippen LogP contribution in [0.4, 0.5) is 0 Å². The molecule has 22 heavy (non-hydrogen) atoms. The van der Waals surface area contributed by atoms with E-state index >= 15 is 0 Å². The van der Waals surface area contributed by atoms with Gasteiger partial charge in [0.15, 0.2) is 0 Å². The average Bonchev–Trinajstić information content (AvgIpc) is 3.06. The van der Waals surface area contributed by atoms with Crippen molar-refractivity contribution in [3.05, 3.63) is 65.5 Å². The van der Waals surface area contributed by atoms with Crippen LogP contribution in [-0.4, -0.2) is 17.6 Å². The first-order chi connectivity index (χ1) is 10.8. The Morgan fingerprint density at radius 3 is 2.45 bits per heavy atom. The lowest BCUT2D eigenvalue weighted by molar-refractivity contribution is 0.0526. The minimum Gasteiger partial charge on any atom is -0.462 e. The Bertz CT molecular complexity index is 763. The van der Waals surface area contributed by atoms with Crippen LogP contribution < -0.4 is 0 Å². The topological polar surface area (TPSA) is 39.2 Å². The first-order valence-corrected chi connectivity index (χ1v) is 7.94. The second-order valence-electron chi connectivity index (χ2n) is 4.70. The average molecular weight is 309 g/mol. The maximum Gasteiger partial charge on any atom is 0.338 e. The van der Waals surface area contributed by atoms with Crippen molar-refractivity contribution in [3.8, 4) is 21.8 Å². The second kappa shape index (κ2) is 6.54. The smallest absolute Gasteiger partial charge is 0.338 e. The van der Waals surface area contributed by atoms with Crippen LogP contribution in [0.2, 0.25) is 0 Å². The summed E-state index contributed by atoms with van der Waals surface area (Å²) in [6.45, 7) is 2.18. The van der Waals surface area contributed by atoms with Gasteiger partial charge in [0.05, 0.1) is 17.9 Å². The molecule has 110 valence electrons. The fourth-order valence-corrected chi connectivity index (χ4v) is 2.95. The van der Waals surface area contributed by atoms with E-state index < -0.39 is 0 Å². The fraction of sp³-hybridized carbons (Fsp3) is 0.111. The number of benzene rings is 2. The van der Waals surface area contributed by atoms with Gasteiger partial charge in [-0.05, 0) is 19.1 Å². The number of hydrogen-bond donors (Lipinski definition) is 0. The number of rotatable bonds is 4. The van der Waals surface area contributed by atoms with Crippen molar-refractivity contribution in [1.29, 1.82) is 0 Å². The van der Waals surface area contributed by atoms with Gasteiger partial charge in [-0.25, -0.2) is 9.78 Å². The van der Waals surface area contributed by atoms with Crippen LogP contribution >= 0.6 is 11.3 Å². The van der Waals surface area contributed by atoms with E-state index in [9.17, 15) is 4.79 Å². The summed E-state index contributed by atoms with van der Waals surface area (Å²) in [6, 6.07) is 17.4. The van der Waals surface area contributed by atoms with Crippen LogP contribution in [0.3, 0.4) is 0 Å². The zero-order valence-electron chi connectivity index (χ0n) is 12.2. The normalized spacial score (nSPS) is 10.4. The minimum atomic E-state index is -0.294. The molecule has 4 heteroatoms. The summed E-state index contributed by atoms with van der Waals surface area (Å²) in [5.41, 5.74) is 3.58. The van der Waals surface area contributed by atoms with Gasteiger partial charge in [-0.2, -0.15) is 0 Å². The Labute approximate surface area is 133 Å². The molecule has 1 heterocycles. The highest BCUT2D eigenvalue weighted by Gasteiger charge is 2.09. The van der Waals surface area contributed by atoms with Crippen molar-refractivity contribution in [2.24, 2.45) is 0 Å². The Balaban J connectivity index is 1.83. The lowest BCUT2D eigenvalue weighted by Gasteiger charge is -2.02. The maximum atomic E-state index is 11.6. The third-order valence-electron chi connectivity index (χ3n) is 3.22. The number of carbonyl (C=O) groups excluding carboxylic acids is 1. The van der Waals surface area contributed by atoms with Gasteiger partial charge in [0.1, 0.15) is 5.01 Å². The Hall–Kier alpha value is -2.46. The third-order valence-corrected chi connectivity index (χ3v) is 4.11. The first-order valence-electron chi connectivity index (χ1n) is 7.06. The summed E-state index contributed by atoms with van der Waals surface area (Å²) in [7, 11) is 0. The standard InChI is InChI=1S/C18H15NO2S/c1-2-21-18(20)15-10-8-13(9-11-15)16-12-22-17(19-16)14-6-4-3-5-7-14/h3-12H,2H2,1H3. The summed E-state index contributed by atoms with van der Waals surface area (Å²) in [6.07, 6.45) is 0. The van der Waals surface area contributed by atoms with Crippen LogP contribution in [0.5, 0.6) is 0 Å². The van der Waals surface area contributed by atoms with Crippen molar-refractivity contribution in [2.45, 2.75) is 6.92 Å². The minimum absolute atomic E-state index is 0.294. The predicted octanol–water partition coefficient (Wildman–Crippen LogP) is 4.65. The second-order valence-corrected chi connectivity index (χ2v) is 5.56. The van der Waals surface area contributed by atoms with E-state index in [-0.39, 0.29) is 5.97 Å². The molecule has 0 aliphatic carbocycles. The largest absolute Gasteiger partial charge is 0.462 e. The van der Waals surface area contributed by atoms with E-state index in [4.69, 9.17) is 4.74 Å². The molecule has 1 aromatic heterocycles. The summed E-state index contributed by atoms with van der Waals surface area (Å²) in [5.74, 6) is -0.294.